The minimum absolute atomic E-state index is 0.0373. The molecule has 152 valence electrons. The van der Waals surface area contributed by atoms with Gasteiger partial charge in [0, 0.05) is 36.9 Å². The highest BCUT2D eigenvalue weighted by molar-refractivity contribution is 6.01. The predicted molar refractivity (Wildman–Crippen MR) is 96.8 cm³/mol. The number of pyridine rings is 1. The highest BCUT2D eigenvalue weighted by Crippen LogP contribution is 2.39. The number of amides is 1. The van der Waals surface area contributed by atoms with Crippen LogP contribution in [0.15, 0.2) is 29.2 Å². The minimum atomic E-state index is -0.980. The summed E-state index contributed by atoms with van der Waals surface area (Å²) in [5.41, 5.74) is -1.45. The number of ether oxygens (including phenoxy) is 1. The second kappa shape index (κ2) is 7.07. The largest absolute Gasteiger partial charge is 0.503 e. The summed E-state index contributed by atoms with van der Waals surface area (Å²) in [4.78, 5) is 37.7. The molecule has 7 nitrogen and oxygen atoms in total. The number of aromatic nitrogens is 1. The number of aromatic hydroxyl groups is 1. The lowest BCUT2D eigenvalue weighted by Crippen LogP contribution is -2.42. The van der Waals surface area contributed by atoms with Gasteiger partial charge in [0.25, 0.3) is 5.91 Å². The molecule has 29 heavy (non-hydrogen) atoms. The summed E-state index contributed by atoms with van der Waals surface area (Å²) in [7, 11) is 0. The summed E-state index contributed by atoms with van der Waals surface area (Å²) in [6, 6.07) is 2.64. The Bertz CT molecular complexity index is 1080. The van der Waals surface area contributed by atoms with Gasteiger partial charge in [-0.15, -0.1) is 0 Å². The number of fused-ring (bicyclic) bond motifs is 3. The van der Waals surface area contributed by atoms with Crippen LogP contribution in [-0.4, -0.2) is 34.1 Å². The molecule has 2 aliphatic heterocycles. The molecule has 1 aromatic carbocycles. The van der Waals surface area contributed by atoms with Crippen LogP contribution in [0, 0.1) is 17.6 Å². The lowest BCUT2D eigenvalue weighted by molar-refractivity contribution is 0.0341. The zero-order chi connectivity index (χ0) is 20.9. The number of halogens is 2. The van der Waals surface area contributed by atoms with Crippen LogP contribution in [-0.2, 0) is 11.3 Å². The molecule has 3 atom stereocenters. The number of nitrogens with one attached hydrogen (secondary N) is 1. The van der Waals surface area contributed by atoms with Gasteiger partial charge in [-0.1, -0.05) is 13.0 Å². The smallest absolute Gasteiger partial charge is 0.257 e. The van der Waals surface area contributed by atoms with E-state index in [9.17, 15) is 28.3 Å². The number of benzene rings is 1. The van der Waals surface area contributed by atoms with Gasteiger partial charge in [-0.2, -0.15) is 0 Å². The molecule has 2 aromatic rings. The van der Waals surface area contributed by atoms with Crippen LogP contribution in [0.25, 0.3) is 0 Å². The summed E-state index contributed by atoms with van der Waals surface area (Å²) < 4.78 is 33.8. The Hall–Kier alpha value is -3.07. The first-order chi connectivity index (χ1) is 13.8. The van der Waals surface area contributed by atoms with Crippen LogP contribution in [0.4, 0.5) is 8.78 Å². The Morgan fingerprint density at radius 2 is 2.10 bits per heavy atom. The molecule has 0 bridgehead atoms. The van der Waals surface area contributed by atoms with Crippen molar-refractivity contribution in [2.75, 3.05) is 6.61 Å². The summed E-state index contributed by atoms with van der Waals surface area (Å²) in [6.45, 7) is 1.82. The number of carbonyl (C=O) groups is 2. The third-order valence-corrected chi connectivity index (χ3v) is 5.51. The molecule has 1 amide bonds. The number of Topliss-reactive ketones (excluding diaryl/α,β-unsaturated/α-hetero) is 1. The molecule has 0 saturated carbocycles. The van der Waals surface area contributed by atoms with Gasteiger partial charge in [0.05, 0.1) is 12.1 Å². The fourth-order valence-electron chi connectivity index (χ4n) is 3.96. The molecule has 1 fully saturated rings. The molecule has 2 N–H and O–H groups in total. The van der Waals surface area contributed by atoms with Crippen LogP contribution in [0.2, 0.25) is 0 Å². The number of hydrogen-bond donors (Lipinski definition) is 2. The van der Waals surface area contributed by atoms with E-state index in [-0.39, 0.29) is 29.4 Å². The van der Waals surface area contributed by atoms with E-state index < -0.39 is 46.5 Å². The highest BCUT2D eigenvalue weighted by Gasteiger charge is 2.45. The third kappa shape index (κ3) is 3.11. The molecule has 3 heterocycles. The predicted octanol–water partition coefficient (Wildman–Crippen LogP) is 1.92. The van der Waals surface area contributed by atoms with E-state index in [0.717, 1.165) is 6.07 Å². The average molecular weight is 404 g/mol. The molecular formula is C20H18F2N2O5. The number of rotatable bonds is 3. The quantitative estimate of drug-likeness (QED) is 0.815. The zero-order valence-corrected chi connectivity index (χ0v) is 15.4. The molecule has 1 unspecified atom stereocenters. The normalized spacial score (nSPS) is 22.9. The average Bonchev–Trinajstić information content (AvgIpc) is 3.17. The highest BCUT2D eigenvalue weighted by atomic mass is 19.1. The van der Waals surface area contributed by atoms with Crippen molar-refractivity contribution in [2.45, 2.75) is 32.0 Å². The first-order valence-electron chi connectivity index (χ1n) is 9.15. The second-order valence-corrected chi connectivity index (χ2v) is 7.24. The number of ketones is 1. The Morgan fingerprint density at radius 3 is 2.83 bits per heavy atom. The van der Waals surface area contributed by atoms with Gasteiger partial charge in [-0.25, -0.2) is 8.78 Å². The van der Waals surface area contributed by atoms with E-state index in [4.69, 9.17) is 4.74 Å². The Balaban J connectivity index is 1.67. The molecule has 1 saturated heterocycles. The van der Waals surface area contributed by atoms with E-state index in [1.54, 1.807) is 6.92 Å². The molecule has 9 heteroatoms. The summed E-state index contributed by atoms with van der Waals surface area (Å²) in [6.07, 6.45) is 1.41. The fourth-order valence-corrected chi connectivity index (χ4v) is 3.96. The van der Waals surface area contributed by atoms with E-state index in [0.29, 0.717) is 19.1 Å². The standard InChI is InChI=1S/C20H18F2N2O5/c1-9-16(25)15-18(27)17(26)12(8-24(15)14-4-5-29-19(9)14)20(28)23-7-10-2-3-11(21)6-13(10)22/h2-3,6,8-9,14,19,27H,4-5,7H2,1H3,(H,23,28)/t9?,14-,19-/m0/s1. The third-order valence-electron chi connectivity index (χ3n) is 5.51. The molecule has 4 rings (SSSR count). The van der Waals surface area contributed by atoms with Crippen LogP contribution < -0.4 is 10.7 Å². The number of carbonyl (C=O) groups excluding carboxylic acids is 2. The van der Waals surface area contributed by atoms with Crippen LogP contribution in [0.5, 0.6) is 5.75 Å². The van der Waals surface area contributed by atoms with E-state index in [2.05, 4.69) is 5.32 Å². The van der Waals surface area contributed by atoms with Gasteiger partial charge in [-0.3, -0.25) is 14.4 Å². The Labute approximate surface area is 163 Å². The van der Waals surface area contributed by atoms with Gasteiger partial charge >= 0.3 is 0 Å². The molecular weight excluding hydrogens is 386 g/mol. The van der Waals surface area contributed by atoms with Gasteiger partial charge < -0.3 is 19.7 Å². The van der Waals surface area contributed by atoms with Crippen molar-refractivity contribution in [3.05, 3.63) is 63.1 Å². The fraction of sp³-hybridized carbons (Fsp3) is 0.350. The van der Waals surface area contributed by atoms with Crippen molar-refractivity contribution < 1.29 is 28.2 Å². The maximum absolute atomic E-state index is 13.7. The van der Waals surface area contributed by atoms with Crippen LogP contribution in [0.1, 0.15) is 45.8 Å². The first kappa shape index (κ1) is 19.3. The van der Waals surface area contributed by atoms with E-state index in [1.807, 2.05) is 0 Å². The molecule has 0 aliphatic carbocycles. The van der Waals surface area contributed by atoms with Crippen molar-refractivity contribution in [1.82, 2.24) is 9.88 Å². The number of nitrogens with zero attached hydrogens (tertiary/aromatic N) is 1. The molecule has 0 radical (unpaired) electrons. The Morgan fingerprint density at radius 1 is 1.34 bits per heavy atom. The lowest BCUT2D eigenvalue weighted by Gasteiger charge is -2.33. The van der Waals surface area contributed by atoms with Crippen LogP contribution >= 0.6 is 0 Å². The van der Waals surface area contributed by atoms with Gasteiger partial charge in [0.2, 0.25) is 5.43 Å². The Kier molecular flexibility index (Phi) is 4.70. The van der Waals surface area contributed by atoms with E-state index in [1.165, 1.54) is 16.8 Å². The minimum Gasteiger partial charge on any atom is -0.503 e. The summed E-state index contributed by atoms with van der Waals surface area (Å²) in [5.74, 6) is -4.15. The maximum Gasteiger partial charge on any atom is 0.257 e. The number of hydrogen-bond acceptors (Lipinski definition) is 5. The zero-order valence-electron chi connectivity index (χ0n) is 15.4. The van der Waals surface area contributed by atoms with Crippen molar-refractivity contribution in [1.29, 1.82) is 0 Å². The SMILES string of the molecule is CC1C(=O)c2c(O)c(=O)c(C(=O)NCc3ccc(F)cc3F)cn2[C@H]2CCO[C@@H]12. The lowest BCUT2D eigenvalue weighted by atomic mass is 9.86. The summed E-state index contributed by atoms with van der Waals surface area (Å²) in [5, 5.41) is 12.8. The van der Waals surface area contributed by atoms with Gasteiger partial charge in [-0.05, 0) is 12.5 Å². The van der Waals surface area contributed by atoms with Crippen molar-refractivity contribution in [3.63, 3.8) is 0 Å². The van der Waals surface area contributed by atoms with Gasteiger partial charge in [0.1, 0.15) is 22.9 Å². The van der Waals surface area contributed by atoms with Gasteiger partial charge in [0.15, 0.2) is 11.5 Å². The van der Waals surface area contributed by atoms with Crippen molar-refractivity contribution >= 4 is 11.7 Å². The second-order valence-electron chi connectivity index (χ2n) is 7.24. The summed E-state index contributed by atoms with van der Waals surface area (Å²) >= 11 is 0. The first-order valence-corrected chi connectivity index (χ1v) is 9.15. The topological polar surface area (TPSA) is 97.6 Å². The van der Waals surface area contributed by atoms with E-state index >= 15 is 0 Å². The molecule has 0 spiro atoms. The maximum atomic E-state index is 13.7. The molecule has 2 aliphatic rings. The molecule has 1 aromatic heterocycles. The monoisotopic (exact) mass is 404 g/mol. The van der Waals surface area contributed by atoms with Crippen molar-refractivity contribution in [3.8, 4) is 5.75 Å². The van der Waals surface area contributed by atoms with Crippen LogP contribution in [0.3, 0.4) is 0 Å². The van der Waals surface area contributed by atoms with Crippen molar-refractivity contribution in [2.24, 2.45) is 5.92 Å².